The van der Waals surface area contributed by atoms with Crippen LogP contribution in [0.5, 0.6) is 0 Å². The summed E-state index contributed by atoms with van der Waals surface area (Å²) in [6.07, 6.45) is 0. The molecule has 0 rings (SSSR count). The van der Waals surface area contributed by atoms with Crippen LogP contribution < -0.4 is 0 Å². The van der Waals surface area contributed by atoms with Crippen molar-refractivity contribution in [1.29, 1.82) is 0 Å². The lowest BCUT2D eigenvalue weighted by Crippen LogP contribution is -2.02. The lowest BCUT2D eigenvalue weighted by atomic mass is 10.9. The second kappa shape index (κ2) is 4.21. The van der Waals surface area contributed by atoms with Gasteiger partial charge >= 0.3 is 0 Å². The molecule has 0 bridgehead atoms. The van der Waals surface area contributed by atoms with Gasteiger partial charge in [0.1, 0.15) is 0 Å². The van der Waals surface area contributed by atoms with E-state index in [9.17, 15) is 13.0 Å². The van der Waals surface area contributed by atoms with Crippen LogP contribution in [0.1, 0.15) is 6.92 Å². The van der Waals surface area contributed by atoms with Crippen molar-refractivity contribution < 1.29 is 17.2 Å². The first-order chi connectivity index (χ1) is 3.06. The van der Waals surface area contributed by atoms with Crippen LogP contribution >= 0.6 is 9.90 Å². The van der Waals surface area contributed by atoms with Crippen LogP contribution in [0.3, 0.4) is 0 Å². The molecule has 0 spiro atoms. The third kappa shape index (κ3) is 9.57. The Balaban J connectivity index is 0. The quantitative estimate of drug-likeness (QED) is 0.303. The fourth-order valence-corrected chi connectivity index (χ4v) is 0.433. The summed E-state index contributed by atoms with van der Waals surface area (Å²) in [4.78, 5) is 0. The van der Waals surface area contributed by atoms with Crippen molar-refractivity contribution in [2.45, 2.75) is 6.92 Å². The molecule has 1 unspecified atom stereocenters. The van der Waals surface area contributed by atoms with E-state index >= 15 is 0 Å². The monoisotopic (exact) mass is 160 g/mol. The molecule has 0 aliphatic carbocycles. The van der Waals surface area contributed by atoms with Crippen LogP contribution in [0, 0.1) is 0 Å². The molecule has 0 aromatic carbocycles. The summed E-state index contributed by atoms with van der Waals surface area (Å²) in [6.45, 7) is 1.33. The summed E-state index contributed by atoms with van der Waals surface area (Å²) in [7, 11) is -4.42. The van der Waals surface area contributed by atoms with Crippen LogP contribution in [0.15, 0.2) is 0 Å². The van der Waals surface area contributed by atoms with Crippen LogP contribution in [-0.4, -0.2) is 19.6 Å². The normalized spacial score (nSPS) is 10.2. The molecule has 0 saturated heterocycles. The second-order valence-electron chi connectivity index (χ2n) is 0.815. The van der Waals surface area contributed by atoms with Gasteiger partial charge in [0.05, 0.1) is 6.61 Å². The predicted octanol–water partition coefficient (Wildman–Crippen LogP) is -0.726. The van der Waals surface area contributed by atoms with Gasteiger partial charge in [-0.05, 0) is 16.8 Å². The Morgan fingerprint density at radius 1 is 1.62 bits per heavy atom. The van der Waals surface area contributed by atoms with Gasteiger partial charge in [-0.15, -0.1) is 0 Å². The number of rotatable bonds is 2. The van der Waals surface area contributed by atoms with Gasteiger partial charge in [-0.1, -0.05) is 0 Å². The third-order valence-electron chi connectivity index (χ3n) is 0.262. The van der Waals surface area contributed by atoms with Gasteiger partial charge in [0, 0.05) is 0 Å². The molecule has 52 valence electrons. The smallest absolute Gasteiger partial charge is 0.217 e. The van der Waals surface area contributed by atoms with Gasteiger partial charge in [-0.2, -0.15) is 0 Å². The first kappa shape index (κ1) is 11.1. The van der Waals surface area contributed by atoms with E-state index in [4.69, 9.17) is 0 Å². The van der Waals surface area contributed by atoms with E-state index in [1.165, 1.54) is 6.92 Å². The molecule has 0 aromatic rings. The van der Waals surface area contributed by atoms with Crippen molar-refractivity contribution in [3.05, 3.63) is 0 Å². The minimum atomic E-state index is -4.42. The average molecular weight is 160 g/mol. The van der Waals surface area contributed by atoms with Crippen LogP contribution in [0.25, 0.3) is 0 Å². The molecule has 0 aliphatic heterocycles. The summed E-state index contributed by atoms with van der Waals surface area (Å²) < 4.78 is 32.0. The SMILES string of the molecule is CCOS(=O)(=O)[O-].[PH4+]. The molecule has 0 radical (unpaired) electrons. The second-order valence-corrected chi connectivity index (χ2v) is 1.87. The maximum Gasteiger partial charge on any atom is 0.217 e. The highest BCUT2D eigenvalue weighted by molar-refractivity contribution is 7.80. The van der Waals surface area contributed by atoms with E-state index in [2.05, 4.69) is 4.18 Å². The van der Waals surface area contributed by atoms with Crippen LogP contribution in [0.4, 0.5) is 0 Å². The van der Waals surface area contributed by atoms with Crippen molar-refractivity contribution in [3.63, 3.8) is 0 Å². The molecule has 8 heavy (non-hydrogen) atoms. The maximum atomic E-state index is 9.45. The number of hydrogen-bond donors (Lipinski definition) is 0. The first-order valence-corrected chi connectivity index (χ1v) is 3.00. The molecule has 0 heterocycles. The summed E-state index contributed by atoms with van der Waals surface area (Å²) in [5.74, 6) is 0. The van der Waals surface area contributed by atoms with Crippen molar-refractivity contribution in [2.24, 2.45) is 0 Å². The Labute approximate surface area is 51.8 Å². The van der Waals surface area contributed by atoms with Crippen molar-refractivity contribution >= 4 is 20.3 Å². The van der Waals surface area contributed by atoms with Gasteiger partial charge in [-0.3, -0.25) is 4.18 Å². The molecule has 1 atom stereocenters. The zero-order chi connectivity index (χ0) is 5.91. The molecule has 6 heteroatoms. The van der Waals surface area contributed by atoms with Crippen molar-refractivity contribution in [1.82, 2.24) is 0 Å². The molecule has 4 nitrogen and oxygen atoms in total. The van der Waals surface area contributed by atoms with E-state index in [-0.39, 0.29) is 16.5 Å². The van der Waals surface area contributed by atoms with E-state index in [1.807, 2.05) is 0 Å². The first-order valence-electron chi connectivity index (χ1n) is 1.66. The third-order valence-corrected chi connectivity index (χ3v) is 0.787. The van der Waals surface area contributed by atoms with E-state index in [0.717, 1.165) is 0 Å². The van der Waals surface area contributed by atoms with E-state index < -0.39 is 10.4 Å². The van der Waals surface area contributed by atoms with Crippen LogP contribution in [-0.2, 0) is 14.6 Å². The zero-order valence-corrected chi connectivity index (χ0v) is 7.56. The van der Waals surface area contributed by atoms with Crippen molar-refractivity contribution in [3.8, 4) is 0 Å². The number of hydrogen-bond acceptors (Lipinski definition) is 4. The Morgan fingerprint density at radius 3 is 2.00 bits per heavy atom. The fourth-order valence-electron chi connectivity index (χ4n) is 0.144. The minimum absolute atomic E-state index is 0. The molecule has 0 fully saturated rings. The predicted molar refractivity (Wildman–Crippen MR) is 33.8 cm³/mol. The Hall–Kier alpha value is 0.300. The minimum Gasteiger partial charge on any atom is -0.726 e. The lowest BCUT2D eigenvalue weighted by Gasteiger charge is -2.02. The summed E-state index contributed by atoms with van der Waals surface area (Å²) in [5, 5.41) is 0. The van der Waals surface area contributed by atoms with E-state index in [1.54, 1.807) is 0 Å². The largest absolute Gasteiger partial charge is 0.726 e. The van der Waals surface area contributed by atoms with Gasteiger partial charge < -0.3 is 4.55 Å². The molecule has 0 amide bonds. The Morgan fingerprint density at radius 2 is 2.00 bits per heavy atom. The maximum absolute atomic E-state index is 9.45. The van der Waals surface area contributed by atoms with Crippen LogP contribution in [0.2, 0.25) is 0 Å². The lowest BCUT2D eigenvalue weighted by molar-refractivity contribution is 0.275. The molecule has 0 aliphatic rings. The highest BCUT2D eigenvalue weighted by Crippen LogP contribution is 1.80. The zero-order valence-electron chi connectivity index (χ0n) is 4.75. The Kier molecular flexibility index (Phi) is 5.86. The fraction of sp³-hybridized carbons (Fsp3) is 1.00. The topological polar surface area (TPSA) is 66.4 Å². The highest BCUT2D eigenvalue weighted by Gasteiger charge is 1.85. The molecule has 0 saturated carbocycles. The Bertz CT molecular complexity index is 127. The van der Waals surface area contributed by atoms with Gasteiger partial charge in [0.25, 0.3) is 0 Å². The summed E-state index contributed by atoms with van der Waals surface area (Å²) in [5.41, 5.74) is 0. The molecule has 0 aromatic heterocycles. The summed E-state index contributed by atoms with van der Waals surface area (Å²) >= 11 is 0. The average Bonchev–Trinajstić information content (AvgIpc) is 1.30. The standard InChI is InChI=1S/C2H6O4S.H3P/c1-2-6-7(3,4)5;/h2H2,1H3,(H,3,4,5);1H3. The molecule has 0 N–H and O–H groups in total. The van der Waals surface area contributed by atoms with Gasteiger partial charge in [0.15, 0.2) is 0 Å². The van der Waals surface area contributed by atoms with E-state index in [0.29, 0.717) is 0 Å². The van der Waals surface area contributed by atoms with Crippen molar-refractivity contribution in [2.75, 3.05) is 6.61 Å². The van der Waals surface area contributed by atoms with Gasteiger partial charge in [0.2, 0.25) is 10.4 Å². The summed E-state index contributed by atoms with van der Waals surface area (Å²) in [6, 6.07) is 0. The molecular formula is C2H9O4PS. The molecular weight excluding hydrogens is 151 g/mol. The highest BCUT2D eigenvalue weighted by atomic mass is 32.3. The van der Waals surface area contributed by atoms with Gasteiger partial charge in [-0.25, -0.2) is 8.42 Å².